The largest absolute Gasteiger partial charge is 0.357 e. The minimum Gasteiger partial charge on any atom is -0.357 e. The van der Waals surface area contributed by atoms with Crippen LogP contribution in [0.3, 0.4) is 0 Å². The van der Waals surface area contributed by atoms with Crippen molar-refractivity contribution in [3.8, 4) is 0 Å². The fourth-order valence-electron chi connectivity index (χ4n) is 3.21. The molecule has 0 spiro atoms. The Labute approximate surface area is 160 Å². The van der Waals surface area contributed by atoms with E-state index in [-0.39, 0.29) is 5.91 Å². The highest BCUT2D eigenvalue weighted by molar-refractivity contribution is 6.30. The van der Waals surface area contributed by atoms with E-state index in [4.69, 9.17) is 11.6 Å². The number of halogens is 1. The van der Waals surface area contributed by atoms with Crippen molar-refractivity contribution in [2.75, 3.05) is 23.3 Å². The van der Waals surface area contributed by atoms with Gasteiger partial charge in [0.1, 0.15) is 5.82 Å². The van der Waals surface area contributed by atoms with E-state index >= 15 is 0 Å². The SMILES string of the molecule is CC1CCN(c2ccc(NC(=O)CCCc3ccc(Cl)cc3)cn2)CC1. The van der Waals surface area contributed by atoms with Gasteiger partial charge >= 0.3 is 0 Å². The third kappa shape index (κ3) is 5.46. The first-order valence-electron chi connectivity index (χ1n) is 9.35. The van der Waals surface area contributed by atoms with Gasteiger partial charge in [-0.05, 0) is 61.4 Å². The number of carbonyl (C=O) groups is 1. The lowest BCUT2D eigenvalue weighted by Gasteiger charge is -2.31. The molecule has 26 heavy (non-hydrogen) atoms. The molecule has 5 heteroatoms. The van der Waals surface area contributed by atoms with Crippen LogP contribution in [-0.4, -0.2) is 24.0 Å². The second-order valence-corrected chi connectivity index (χ2v) is 7.54. The summed E-state index contributed by atoms with van der Waals surface area (Å²) >= 11 is 5.88. The van der Waals surface area contributed by atoms with Crippen molar-refractivity contribution in [3.63, 3.8) is 0 Å². The zero-order valence-electron chi connectivity index (χ0n) is 15.2. The van der Waals surface area contributed by atoms with E-state index < -0.39 is 0 Å². The van der Waals surface area contributed by atoms with E-state index in [1.54, 1.807) is 6.20 Å². The molecule has 1 amide bonds. The number of benzene rings is 1. The smallest absolute Gasteiger partial charge is 0.224 e. The number of hydrogen-bond acceptors (Lipinski definition) is 3. The zero-order chi connectivity index (χ0) is 18.4. The van der Waals surface area contributed by atoms with Gasteiger partial charge in [0.25, 0.3) is 0 Å². The molecule has 0 atom stereocenters. The number of hydrogen-bond donors (Lipinski definition) is 1. The van der Waals surface area contributed by atoms with Gasteiger partial charge in [-0.15, -0.1) is 0 Å². The van der Waals surface area contributed by atoms with E-state index in [1.165, 1.54) is 18.4 Å². The van der Waals surface area contributed by atoms with Crippen molar-refractivity contribution in [2.45, 2.75) is 39.0 Å². The Balaban J connectivity index is 1.43. The summed E-state index contributed by atoms with van der Waals surface area (Å²) in [6.45, 7) is 4.42. The van der Waals surface area contributed by atoms with Crippen LogP contribution in [0.25, 0.3) is 0 Å². The molecule has 2 heterocycles. The fourth-order valence-corrected chi connectivity index (χ4v) is 3.34. The molecule has 1 saturated heterocycles. The van der Waals surface area contributed by atoms with Gasteiger partial charge in [-0.25, -0.2) is 4.98 Å². The second-order valence-electron chi connectivity index (χ2n) is 7.10. The molecule has 4 nitrogen and oxygen atoms in total. The average Bonchev–Trinajstić information content (AvgIpc) is 2.65. The van der Waals surface area contributed by atoms with E-state index in [0.29, 0.717) is 6.42 Å². The van der Waals surface area contributed by atoms with Crippen LogP contribution in [0.2, 0.25) is 5.02 Å². The van der Waals surface area contributed by atoms with Gasteiger partial charge in [0.2, 0.25) is 5.91 Å². The number of amides is 1. The maximum atomic E-state index is 12.1. The standard InChI is InChI=1S/C21H26ClN3O/c1-16-11-13-25(14-12-16)20-10-9-19(15-23-20)24-21(26)4-2-3-17-5-7-18(22)8-6-17/h5-10,15-16H,2-4,11-14H2,1H3,(H,24,26). The van der Waals surface area contributed by atoms with Crippen LogP contribution in [0.15, 0.2) is 42.6 Å². The number of carbonyl (C=O) groups excluding carboxylic acids is 1. The minimum absolute atomic E-state index is 0.0281. The highest BCUT2D eigenvalue weighted by Crippen LogP contribution is 2.22. The number of piperidine rings is 1. The molecule has 1 aromatic carbocycles. The van der Waals surface area contributed by atoms with Crippen LogP contribution in [0, 0.1) is 5.92 Å². The van der Waals surface area contributed by atoms with Crippen molar-refractivity contribution >= 4 is 29.0 Å². The fraction of sp³-hybridized carbons (Fsp3) is 0.429. The summed E-state index contributed by atoms with van der Waals surface area (Å²) in [6.07, 6.45) is 6.36. The first-order valence-corrected chi connectivity index (χ1v) is 9.73. The normalized spacial score (nSPS) is 15.1. The van der Waals surface area contributed by atoms with Gasteiger partial charge < -0.3 is 10.2 Å². The molecular formula is C21H26ClN3O. The van der Waals surface area contributed by atoms with Gasteiger partial charge in [0.05, 0.1) is 11.9 Å². The Morgan fingerprint density at radius 2 is 1.92 bits per heavy atom. The van der Waals surface area contributed by atoms with Crippen molar-refractivity contribution in [2.24, 2.45) is 5.92 Å². The average molecular weight is 372 g/mol. The van der Waals surface area contributed by atoms with Crippen molar-refractivity contribution in [3.05, 3.63) is 53.2 Å². The Morgan fingerprint density at radius 3 is 2.58 bits per heavy atom. The summed E-state index contributed by atoms with van der Waals surface area (Å²) in [7, 11) is 0. The zero-order valence-corrected chi connectivity index (χ0v) is 16.0. The molecule has 3 rings (SSSR count). The molecule has 2 aromatic rings. The second kappa shape index (κ2) is 9.04. The third-order valence-corrected chi connectivity index (χ3v) is 5.17. The van der Waals surface area contributed by atoms with Crippen LogP contribution < -0.4 is 10.2 Å². The highest BCUT2D eigenvalue weighted by Gasteiger charge is 2.16. The Morgan fingerprint density at radius 1 is 1.19 bits per heavy atom. The molecule has 1 fully saturated rings. The Kier molecular flexibility index (Phi) is 6.51. The molecular weight excluding hydrogens is 346 g/mol. The van der Waals surface area contributed by atoms with Gasteiger partial charge in [-0.3, -0.25) is 4.79 Å². The quantitative estimate of drug-likeness (QED) is 0.782. The summed E-state index contributed by atoms with van der Waals surface area (Å²) in [5.41, 5.74) is 1.96. The third-order valence-electron chi connectivity index (χ3n) is 4.92. The summed E-state index contributed by atoms with van der Waals surface area (Å²) in [5, 5.41) is 3.67. The monoisotopic (exact) mass is 371 g/mol. The first-order chi connectivity index (χ1) is 12.6. The first kappa shape index (κ1) is 18.7. The number of pyridine rings is 1. The predicted molar refractivity (Wildman–Crippen MR) is 108 cm³/mol. The van der Waals surface area contributed by atoms with Gasteiger partial charge in [-0.2, -0.15) is 0 Å². The number of nitrogens with zero attached hydrogens (tertiary/aromatic N) is 2. The molecule has 0 saturated carbocycles. The molecule has 0 unspecified atom stereocenters. The highest BCUT2D eigenvalue weighted by atomic mass is 35.5. The molecule has 138 valence electrons. The molecule has 0 bridgehead atoms. The topological polar surface area (TPSA) is 45.2 Å². The summed E-state index contributed by atoms with van der Waals surface area (Å²) in [5.74, 6) is 1.83. The molecule has 0 aliphatic carbocycles. The van der Waals surface area contributed by atoms with Crippen molar-refractivity contribution < 1.29 is 4.79 Å². The summed E-state index contributed by atoms with van der Waals surface area (Å²) < 4.78 is 0. The maximum Gasteiger partial charge on any atom is 0.224 e. The van der Waals surface area contributed by atoms with Crippen LogP contribution in [-0.2, 0) is 11.2 Å². The predicted octanol–water partition coefficient (Wildman–Crippen LogP) is 4.93. The summed E-state index contributed by atoms with van der Waals surface area (Å²) in [4.78, 5) is 18.9. The number of anilines is 2. The number of aromatic nitrogens is 1. The van der Waals surface area contributed by atoms with Crippen LogP contribution in [0.5, 0.6) is 0 Å². The minimum atomic E-state index is 0.0281. The number of nitrogens with one attached hydrogen (secondary N) is 1. The molecule has 1 N–H and O–H groups in total. The maximum absolute atomic E-state index is 12.1. The van der Waals surface area contributed by atoms with E-state index in [9.17, 15) is 4.79 Å². The van der Waals surface area contributed by atoms with E-state index in [2.05, 4.69) is 22.1 Å². The van der Waals surface area contributed by atoms with Crippen molar-refractivity contribution in [1.29, 1.82) is 0 Å². The van der Waals surface area contributed by atoms with Crippen LogP contribution in [0.1, 0.15) is 38.2 Å². The van der Waals surface area contributed by atoms with Crippen LogP contribution in [0.4, 0.5) is 11.5 Å². The molecule has 1 aliphatic heterocycles. The molecule has 1 aromatic heterocycles. The van der Waals surface area contributed by atoms with Crippen molar-refractivity contribution in [1.82, 2.24) is 4.98 Å². The van der Waals surface area contributed by atoms with E-state index in [0.717, 1.165) is 48.4 Å². The van der Waals surface area contributed by atoms with Gasteiger partial charge in [-0.1, -0.05) is 30.7 Å². The molecule has 1 aliphatic rings. The van der Waals surface area contributed by atoms with Gasteiger partial charge in [0, 0.05) is 24.5 Å². The Hall–Kier alpha value is -2.07. The van der Waals surface area contributed by atoms with Crippen LogP contribution >= 0.6 is 11.6 Å². The molecule has 0 radical (unpaired) electrons. The number of aryl methyl sites for hydroxylation is 1. The Bertz CT molecular complexity index is 707. The van der Waals surface area contributed by atoms with Gasteiger partial charge in [0.15, 0.2) is 0 Å². The summed E-state index contributed by atoms with van der Waals surface area (Å²) in [6, 6.07) is 11.7. The lowest BCUT2D eigenvalue weighted by Crippen LogP contribution is -2.33. The van der Waals surface area contributed by atoms with E-state index in [1.807, 2.05) is 36.4 Å². The lowest BCUT2D eigenvalue weighted by molar-refractivity contribution is -0.116. The number of rotatable bonds is 6. The lowest BCUT2D eigenvalue weighted by atomic mass is 9.99.